The Morgan fingerprint density at radius 2 is 1.73 bits per heavy atom. The van der Waals surface area contributed by atoms with Crippen LogP contribution in [0.2, 0.25) is 0 Å². The third-order valence-electron chi connectivity index (χ3n) is 5.47. The molecule has 0 bridgehead atoms. The van der Waals surface area contributed by atoms with E-state index in [9.17, 15) is 24.3 Å². The summed E-state index contributed by atoms with van der Waals surface area (Å²) in [4.78, 5) is 50.3. The number of aliphatic carboxylic acids is 1. The highest BCUT2D eigenvalue weighted by molar-refractivity contribution is 5.90. The number of benzene rings is 2. The van der Waals surface area contributed by atoms with Crippen molar-refractivity contribution in [1.82, 2.24) is 10.2 Å². The number of hydrogen-bond donors (Lipinski definition) is 2. The average molecular weight is 454 g/mol. The molecule has 0 unspecified atom stereocenters. The highest BCUT2D eigenvalue weighted by atomic mass is 16.6. The minimum Gasteiger partial charge on any atom is -0.480 e. The quantitative estimate of drug-likeness (QED) is 0.587. The Labute approximate surface area is 191 Å². The van der Waals surface area contributed by atoms with Crippen molar-refractivity contribution in [2.24, 2.45) is 0 Å². The Kier molecular flexibility index (Phi) is 8.01. The van der Waals surface area contributed by atoms with Gasteiger partial charge in [-0.1, -0.05) is 54.6 Å². The first kappa shape index (κ1) is 23.8. The van der Waals surface area contributed by atoms with Crippen molar-refractivity contribution < 1.29 is 33.8 Å². The number of carboxylic acids is 1. The molecule has 2 N–H and O–H groups in total. The van der Waals surface area contributed by atoms with Gasteiger partial charge in [-0.3, -0.25) is 14.5 Å². The molecule has 1 heterocycles. The predicted molar refractivity (Wildman–Crippen MR) is 117 cm³/mol. The minimum atomic E-state index is -1.30. The number of nitrogens with one attached hydrogen (secondary N) is 1. The zero-order valence-corrected chi connectivity index (χ0v) is 18.2. The summed E-state index contributed by atoms with van der Waals surface area (Å²) in [6.07, 6.45) is -0.749. The van der Waals surface area contributed by atoms with Crippen molar-refractivity contribution in [1.29, 1.82) is 0 Å². The SMILES string of the molecule is COC(=O)CC[C@H](NC(=O)[C@@H]1Cc2ccccc2CN1C(=O)OCc1ccccc1)C(=O)O. The van der Waals surface area contributed by atoms with Gasteiger partial charge in [-0.2, -0.15) is 0 Å². The molecule has 0 fully saturated rings. The molecule has 2 amide bonds. The van der Waals surface area contributed by atoms with E-state index in [1.54, 1.807) is 0 Å². The molecule has 2 atom stereocenters. The van der Waals surface area contributed by atoms with Gasteiger partial charge in [0.1, 0.15) is 18.7 Å². The smallest absolute Gasteiger partial charge is 0.411 e. The molecule has 2 aromatic rings. The number of esters is 1. The highest BCUT2D eigenvalue weighted by Gasteiger charge is 2.37. The average Bonchev–Trinajstić information content (AvgIpc) is 2.84. The normalized spacial score (nSPS) is 15.7. The second kappa shape index (κ2) is 11.1. The van der Waals surface area contributed by atoms with E-state index in [-0.39, 0.29) is 32.4 Å². The van der Waals surface area contributed by atoms with Crippen LogP contribution in [0.25, 0.3) is 0 Å². The highest BCUT2D eigenvalue weighted by Crippen LogP contribution is 2.25. The maximum Gasteiger partial charge on any atom is 0.411 e. The lowest BCUT2D eigenvalue weighted by Crippen LogP contribution is -2.55. The number of carbonyl (C=O) groups is 4. The largest absolute Gasteiger partial charge is 0.480 e. The van der Waals surface area contributed by atoms with Crippen molar-refractivity contribution in [3.8, 4) is 0 Å². The second-order valence-electron chi connectivity index (χ2n) is 7.67. The van der Waals surface area contributed by atoms with Gasteiger partial charge < -0.3 is 19.9 Å². The van der Waals surface area contributed by atoms with Gasteiger partial charge in [0.05, 0.1) is 13.7 Å². The molecule has 0 spiro atoms. The topological polar surface area (TPSA) is 122 Å². The van der Waals surface area contributed by atoms with Crippen LogP contribution in [0.3, 0.4) is 0 Å². The van der Waals surface area contributed by atoms with Crippen LogP contribution in [0.4, 0.5) is 4.79 Å². The molecule has 1 aliphatic rings. The monoisotopic (exact) mass is 454 g/mol. The summed E-state index contributed by atoms with van der Waals surface area (Å²) in [6, 6.07) is 14.3. The Balaban J connectivity index is 1.75. The van der Waals surface area contributed by atoms with Gasteiger partial charge in [-0.25, -0.2) is 9.59 Å². The molecule has 0 aromatic heterocycles. The van der Waals surface area contributed by atoms with Crippen LogP contribution < -0.4 is 5.32 Å². The molecule has 0 saturated carbocycles. The fourth-order valence-electron chi connectivity index (χ4n) is 3.64. The fraction of sp³-hybridized carbons (Fsp3) is 0.333. The van der Waals surface area contributed by atoms with Gasteiger partial charge in [-0.15, -0.1) is 0 Å². The number of fused-ring (bicyclic) bond motifs is 1. The molecule has 2 aromatic carbocycles. The lowest BCUT2D eigenvalue weighted by molar-refractivity contribution is -0.144. The number of rotatable bonds is 8. The van der Waals surface area contributed by atoms with Crippen LogP contribution in [0.15, 0.2) is 54.6 Å². The fourth-order valence-corrected chi connectivity index (χ4v) is 3.64. The zero-order chi connectivity index (χ0) is 23.8. The maximum absolute atomic E-state index is 13.1. The summed E-state index contributed by atoms with van der Waals surface area (Å²) in [5.41, 5.74) is 2.59. The Bertz CT molecular complexity index is 1010. The number of methoxy groups -OCH3 is 1. The number of carboxylic acid groups (broad SMARTS) is 1. The van der Waals surface area contributed by atoms with Crippen molar-refractivity contribution in [2.45, 2.75) is 44.5 Å². The lowest BCUT2D eigenvalue weighted by atomic mass is 9.93. The van der Waals surface area contributed by atoms with Gasteiger partial charge in [0.2, 0.25) is 5.91 Å². The number of amides is 2. The van der Waals surface area contributed by atoms with Crippen molar-refractivity contribution >= 4 is 23.9 Å². The van der Waals surface area contributed by atoms with Crippen molar-refractivity contribution in [3.63, 3.8) is 0 Å². The van der Waals surface area contributed by atoms with Crippen LogP contribution in [0.1, 0.15) is 29.5 Å². The van der Waals surface area contributed by atoms with E-state index in [0.717, 1.165) is 16.7 Å². The molecular weight excluding hydrogens is 428 g/mol. The van der Waals surface area contributed by atoms with Crippen molar-refractivity contribution in [3.05, 3.63) is 71.3 Å². The summed E-state index contributed by atoms with van der Waals surface area (Å²) in [7, 11) is 1.20. The molecule has 0 radical (unpaired) electrons. The number of carbonyl (C=O) groups excluding carboxylic acids is 3. The standard InChI is InChI=1S/C24H26N2O7/c1-32-21(27)12-11-19(23(29)30)25-22(28)20-13-17-9-5-6-10-18(17)14-26(20)24(31)33-15-16-7-3-2-4-8-16/h2-10,19-20H,11-15H2,1H3,(H,25,28)(H,29,30)/t19-,20-/m0/s1. The first-order valence-electron chi connectivity index (χ1n) is 10.5. The second-order valence-corrected chi connectivity index (χ2v) is 7.67. The molecule has 9 nitrogen and oxygen atoms in total. The lowest BCUT2D eigenvalue weighted by Gasteiger charge is -2.35. The summed E-state index contributed by atoms with van der Waals surface area (Å²) >= 11 is 0. The van der Waals surface area contributed by atoms with E-state index in [1.165, 1.54) is 12.0 Å². The predicted octanol–water partition coefficient (Wildman–Crippen LogP) is 2.27. The third-order valence-corrected chi connectivity index (χ3v) is 5.47. The van der Waals surface area contributed by atoms with Gasteiger partial charge in [0.25, 0.3) is 0 Å². The van der Waals surface area contributed by atoms with E-state index < -0.39 is 36.0 Å². The summed E-state index contributed by atoms with van der Waals surface area (Å²) in [5.74, 6) is -2.48. The number of ether oxygens (including phenoxy) is 2. The molecule has 9 heteroatoms. The summed E-state index contributed by atoms with van der Waals surface area (Å²) in [5, 5.41) is 11.9. The summed E-state index contributed by atoms with van der Waals surface area (Å²) in [6.45, 7) is 0.199. The van der Waals surface area contributed by atoms with Crippen molar-refractivity contribution in [2.75, 3.05) is 7.11 Å². The van der Waals surface area contributed by atoms with E-state index in [1.807, 2.05) is 54.6 Å². The van der Waals surface area contributed by atoms with Crippen LogP contribution in [0.5, 0.6) is 0 Å². The van der Waals surface area contributed by atoms with E-state index in [0.29, 0.717) is 0 Å². The molecular formula is C24H26N2O7. The van der Waals surface area contributed by atoms with Gasteiger partial charge >= 0.3 is 18.0 Å². The Hall–Kier alpha value is -3.88. The Morgan fingerprint density at radius 1 is 1.06 bits per heavy atom. The first-order valence-corrected chi connectivity index (χ1v) is 10.5. The number of hydrogen-bond acceptors (Lipinski definition) is 6. The van der Waals surface area contributed by atoms with Gasteiger partial charge in [0.15, 0.2) is 0 Å². The van der Waals surface area contributed by atoms with E-state index >= 15 is 0 Å². The van der Waals surface area contributed by atoms with Gasteiger partial charge in [0, 0.05) is 12.8 Å². The van der Waals surface area contributed by atoms with Crippen LogP contribution in [0, 0.1) is 0 Å². The number of nitrogens with zero attached hydrogens (tertiary/aromatic N) is 1. The summed E-state index contributed by atoms with van der Waals surface area (Å²) < 4.78 is 9.98. The molecule has 1 aliphatic heterocycles. The molecule has 3 rings (SSSR count). The van der Waals surface area contributed by atoms with E-state index in [4.69, 9.17) is 4.74 Å². The van der Waals surface area contributed by atoms with E-state index in [2.05, 4.69) is 10.1 Å². The van der Waals surface area contributed by atoms with Crippen LogP contribution in [-0.4, -0.2) is 53.1 Å². The minimum absolute atomic E-state index is 0.0447. The molecule has 0 saturated heterocycles. The maximum atomic E-state index is 13.1. The van der Waals surface area contributed by atoms with Crippen LogP contribution >= 0.6 is 0 Å². The molecule has 174 valence electrons. The zero-order valence-electron chi connectivity index (χ0n) is 18.2. The Morgan fingerprint density at radius 3 is 2.39 bits per heavy atom. The van der Waals surface area contributed by atoms with Crippen LogP contribution in [-0.2, 0) is 43.4 Å². The van der Waals surface area contributed by atoms with Gasteiger partial charge in [-0.05, 0) is 23.1 Å². The third kappa shape index (κ3) is 6.31. The first-order chi connectivity index (χ1) is 15.9. The molecule has 33 heavy (non-hydrogen) atoms. The molecule has 0 aliphatic carbocycles.